The number of carbonyl (C=O) groups excluding carboxylic acids is 2. The largest absolute Gasteiger partial charge is 0.466 e. The van der Waals surface area contributed by atoms with Crippen LogP contribution in [0.2, 0.25) is 0 Å². The van der Waals surface area contributed by atoms with Crippen molar-refractivity contribution in [3.63, 3.8) is 0 Å². The van der Waals surface area contributed by atoms with E-state index in [2.05, 4.69) is 4.74 Å². The van der Waals surface area contributed by atoms with Crippen LogP contribution in [0.3, 0.4) is 0 Å². The number of rotatable bonds is 5. The first-order chi connectivity index (χ1) is 6.20. The lowest BCUT2D eigenvalue weighted by Crippen LogP contribution is -2.08. The summed E-state index contributed by atoms with van der Waals surface area (Å²) in [5.41, 5.74) is 0. The van der Waals surface area contributed by atoms with Gasteiger partial charge in [0.15, 0.2) is 5.78 Å². The van der Waals surface area contributed by atoms with E-state index in [4.69, 9.17) is 0 Å². The van der Waals surface area contributed by atoms with Gasteiger partial charge in [-0.15, -0.1) is 0 Å². The monoisotopic (exact) mass is 182 g/mol. The Balaban J connectivity index is 3.80. The highest BCUT2D eigenvalue weighted by Gasteiger charge is 2.05. The van der Waals surface area contributed by atoms with Crippen molar-refractivity contribution < 1.29 is 14.3 Å². The highest BCUT2D eigenvalue weighted by molar-refractivity contribution is 6.01. The molecule has 0 heterocycles. The Bertz CT molecular complexity index is 226. The van der Waals surface area contributed by atoms with Crippen LogP contribution in [-0.2, 0) is 14.3 Å². The first kappa shape index (κ1) is 11.6. The van der Waals surface area contributed by atoms with Gasteiger partial charge in [0.1, 0.15) is 6.42 Å². The topological polar surface area (TPSA) is 43.4 Å². The van der Waals surface area contributed by atoms with Crippen molar-refractivity contribution in [1.29, 1.82) is 0 Å². The third kappa shape index (κ3) is 7.00. The van der Waals surface area contributed by atoms with E-state index in [-0.39, 0.29) is 12.2 Å². The van der Waals surface area contributed by atoms with Gasteiger partial charge in [-0.05, 0) is 19.9 Å². The van der Waals surface area contributed by atoms with Crippen molar-refractivity contribution in [2.24, 2.45) is 0 Å². The molecule has 0 saturated heterocycles. The molecule has 3 nitrogen and oxygen atoms in total. The smallest absolute Gasteiger partial charge is 0.313 e. The lowest BCUT2D eigenvalue weighted by molar-refractivity contribution is -0.144. The number of esters is 1. The summed E-state index contributed by atoms with van der Waals surface area (Å²) in [5, 5.41) is 0. The van der Waals surface area contributed by atoms with Crippen LogP contribution in [-0.4, -0.2) is 18.4 Å². The van der Waals surface area contributed by atoms with Crippen molar-refractivity contribution in [2.45, 2.75) is 20.3 Å². The Morgan fingerprint density at radius 1 is 1.31 bits per heavy atom. The molecular weight excluding hydrogens is 168 g/mol. The van der Waals surface area contributed by atoms with Crippen LogP contribution in [0.25, 0.3) is 0 Å². The molecule has 0 N–H and O–H groups in total. The Morgan fingerprint density at radius 2 is 2.00 bits per heavy atom. The maximum atomic E-state index is 11.0. The first-order valence-corrected chi connectivity index (χ1v) is 4.18. The van der Waals surface area contributed by atoms with E-state index in [1.807, 2.05) is 6.92 Å². The number of allylic oxidation sites excluding steroid dienone is 4. The molecule has 0 atom stereocenters. The Morgan fingerprint density at radius 3 is 2.54 bits per heavy atom. The minimum absolute atomic E-state index is 0.179. The Kier molecular flexibility index (Phi) is 6.51. The second kappa shape index (κ2) is 7.28. The second-order valence-corrected chi connectivity index (χ2v) is 2.33. The van der Waals surface area contributed by atoms with Crippen LogP contribution in [0, 0.1) is 0 Å². The fourth-order valence-electron chi connectivity index (χ4n) is 0.687. The van der Waals surface area contributed by atoms with Gasteiger partial charge < -0.3 is 4.74 Å². The van der Waals surface area contributed by atoms with Crippen molar-refractivity contribution in [3.8, 4) is 0 Å². The average molecular weight is 182 g/mol. The van der Waals surface area contributed by atoms with Crippen LogP contribution in [0.5, 0.6) is 0 Å². The summed E-state index contributed by atoms with van der Waals surface area (Å²) in [7, 11) is 0. The number of ketones is 1. The summed E-state index contributed by atoms with van der Waals surface area (Å²) < 4.78 is 4.61. The van der Waals surface area contributed by atoms with Crippen LogP contribution in [0.15, 0.2) is 24.3 Å². The van der Waals surface area contributed by atoms with Gasteiger partial charge in [-0.1, -0.05) is 18.2 Å². The summed E-state index contributed by atoms with van der Waals surface area (Å²) in [5.74, 6) is -0.714. The molecule has 0 bridgehead atoms. The molecule has 0 amide bonds. The molecule has 13 heavy (non-hydrogen) atoms. The lowest BCUT2D eigenvalue weighted by Gasteiger charge is -1.96. The zero-order chi connectivity index (χ0) is 10.1. The van der Waals surface area contributed by atoms with Gasteiger partial charge in [-0.2, -0.15) is 0 Å². The molecule has 0 aromatic rings. The fourth-order valence-corrected chi connectivity index (χ4v) is 0.687. The molecule has 0 fully saturated rings. The van der Waals surface area contributed by atoms with Crippen LogP contribution >= 0.6 is 0 Å². The van der Waals surface area contributed by atoms with E-state index in [0.29, 0.717) is 6.61 Å². The molecule has 0 aromatic heterocycles. The van der Waals surface area contributed by atoms with Crippen LogP contribution < -0.4 is 0 Å². The van der Waals surface area contributed by atoms with Gasteiger partial charge in [0.25, 0.3) is 0 Å². The van der Waals surface area contributed by atoms with Gasteiger partial charge in [-0.25, -0.2) is 0 Å². The van der Waals surface area contributed by atoms with E-state index < -0.39 is 5.97 Å². The molecule has 0 saturated carbocycles. The maximum absolute atomic E-state index is 11.0. The van der Waals surface area contributed by atoms with Crippen molar-refractivity contribution >= 4 is 11.8 Å². The van der Waals surface area contributed by atoms with E-state index in [9.17, 15) is 9.59 Å². The molecule has 0 rings (SSSR count). The molecule has 0 aromatic carbocycles. The number of hydrogen-bond acceptors (Lipinski definition) is 3. The average Bonchev–Trinajstić information content (AvgIpc) is 2.05. The molecule has 0 radical (unpaired) electrons. The van der Waals surface area contributed by atoms with Crippen molar-refractivity contribution in [1.82, 2.24) is 0 Å². The van der Waals surface area contributed by atoms with E-state index in [1.54, 1.807) is 25.2 Å². The van der Waals surface area contributed by atoms with Crippen molar-refractivity contribution in [3.05, 3.63) is 24.3 Å². The van der Waals surface area contributed by atoms with Crippen molar-refractivity contribution in [2.75, 3.05) is 6.61 Å². The van der Waals surface area contributed by atoms with Gasteiger partial charge in [0.2, 0.25) is 0 Å². The molecule has 0 aliphatic carbocycles. The molecule has 0 aliphatic rings. The predicted molar refractivity (Wildman–Crippen MR) is 50.2 cm³/mol. The summed E-state index contributed by atoms with van der Waals surface area (Å²) in [6.07, 6.45) is 6.30. The fraction of sp³-hybridized carbons (Fsp3) is 0.400. The molecule has 3 heteroatoms. The van der Waals surface area contributed by atoms with Gasteiger partial charge in [0.05, 0.1) is 6.61 Å². The highest BCUT2D eigenvalue weighted by Crippen LogP contribution is 1.90. The zero-order valence-corrected chi connectivity index (χ0v) is 7.95. The van der Waals surface area contributed by atoms with Crippen LogP contribution in [0.1, 0.15) is 20.3 Å². The summed E-state index contributed by atoms with van der Waals surface area (Å²) in [6, 6.07) is 0. The zero-order valence-electron chi connectivity index (χ0n) is 7.95. The van der Waals surface area contributed by atoms with Gasteiger partial charge in [-0.3, -0.25) is 9.59 Å². The lowest BCUT2D eigenvalue weighted by atomic mass is 10.2. The quantitative estimate of drug-likeness (QED) is 0.281. The second-order valence-electron chi connectivity index (χ2n) is 2.33. The normalized spacial score (nSPS) is 10.9. The van der Waals surface area contributed by atoms with E-state index in [0.717, 1.165) is 0 Å². The van der Waals surface area contributed by atoms with E-state index >= 15 is 0 Å². The molecular formula is C10H14O3. The number of hydrogen-bond donors (Lipinski definition) is 0. The predicted octanol–water partition coefficient (Wildman–Crippen LogP) is 1.64. The Labute approximate surface area is 78.1 Å². The molecule has 0 spiro atoms. The maximum Gasteiger partial charge on any atom is 0.313 e. The number of carbonyl (C=O) groups is 2. The first-order valence-electron chi connectivity index (χ1n) is 4.18. The van der Waals surface area contributed by atoms with Gasteiger partial charge >= 0.3 is 5.97 Å². The SMILES string of the molecule is C/C=C/C=C/C(=O)CC(=O)OCC. The van der Waals surface area contributed by atoms with Crippen LogP contribution in [0.4, 0.5) is 0 Å². The summed E-state index contributed by atoms with van der Waals surface area (Å²) >= 11 is 0. The third-order valence-corrected chi connectivity index (χ3v) is 1.21. The standard InChI is InChI=1S/C10H14O3/c1-3-5-6-7-9(11)8-10(12)13-4-2/h3,5-7H,4,8H2,1-2H3/b5-3+,7-6+. The summed E-state index contributed by atoms with van der Waals surface area (Å²) in [6.45, 7) is 3.86. The Hall–Kier alpha value is -1.38. The third-order valence-electron chi connectivity index (χ3n) is 1.21. The summed E-state index contributed by atoms with van der Waals surface area (Å²) in [4.78, 5) is 21.8. The molecule has 0 unspecified atom stereocenters. The highest BCUT2D eigenvalue weighted by atomic mass is 16.5. The minimum atomic E-state index is -0.474. The minimum Gasteiger partial charge on any atom is -0.466 e. The van der Waals surface area contributed by atoms with Gasteiger partial charge in [0, 0.05) is 0 Å². The molecule has 72 valence electrons. The molecule has 0 aliphatic heterocycles. The van der Waals surface area contributed by atoms with E-state index in [1.165, 1.54) is 6.08 Å². The number of ether oxygens (including phenoxy) is 1.